The second kappa shape index (κ2) is 8.87. The van der Waals surface area contributed by atoms with Gasteiger partial charge in [-0.05, 0) is 37.1 Å². The summed E-state index contributed by atoms with van der Waals surface area (Å²) in [4.78, 5) is 27.5. The molecule has 0 bridgehead atoms. The first kappa shape index (κ1) is 20.7. The second-order valence-electron chi connectivity index (χ2n) is 6.16. The summed E-state index contributed by atoms with van der Waals surface area (Å²) in [7, 11) is 0. The average molecular weight is 414 g/mol. The van der Waals surface area contributed by atoms with E-state index in [9.17, 15) is 9.59 Å². The Morgan fingerprint density at radius 2 is 1.73 bits per heavy atom. The minimum absolute atomic E-state index is 0. The van der Waals surface area contributed by atoms with Crippen LogP contribution in [0.2, 0.25) is 10.0 Å². The van der Waals surface area contributed by atoms with Crippen molar-refractivity contribution in [2.75, 3.05) is 13.1 Å². The van der Waals surface area contributed by atoms with Crippen molar-refractivity contribution < 1.29 is 9.59 Å². The first-order valence-electron chi connectivity index (χ1n) is 8.11. The minimum atomic E-state index is -0.260. The topological polar surface area (TPSA) is 63.4 Å². The number of nitrogens with zero attached hydrogens (tertiary/aromatic N) is 1. The van der Waals surface area contributed by atoms with Crippen molar-refractivity contribution >= 4 is 47.3 Å². The highest BCUT2D eigenvalue weighted by Gasteiger charge is 2.26. The molecule has 0 aromatic heterocycles. The van der Waals surface area contributed by atoms with Gasteiger partial charge in [0.2, 0.25) is 0 Å². The van der Waals surface area contributed by atoms with Crippen molar-refractivity contribution in [1.29, 1.82) is 0 Å². The molecule has 1 saturated heterocycles. The number of halogens is 3. The van der Waals surface area contributed by atoms with Gasteiger partial charge in [-0.1, -0.05) is 41.4 Å². The number of ketones is 1. The highest BCUT2D eigenvalue weighted by Crippen LogP contribution is 2.25. The van der Waals surface area contributed by atoms with E-state index in [0.717, 1.165) is 12.8 Å². The Labute approximate surface area is 168 Å². The maximum absolute atomic E-state index is 12.9. The summed E-state index contributed by atoms with van der Waals surface area (Å²) in [5, 5.41) is 0.684. The number of carbonyl (C=O) groups is 2. The molecule has 1 atom stereocenters. The molecule has 3 rings (SSSR count). The van der Waals surface area contributed by atoms with Crippen LogP contribution in [0.3, 0.4) is 0 Å². The van der Waals surface area contributed by atoms with Crippen molar-refractivity contribution in [3.05, 3.63) is 69.2 Å². The maximum Gasteiger partial charge on any atom is 0.254 e. The van der Waals surface area contributed by atoms with Gasteiger partial charge in [-0.2, -0.15) is 0 Å². The number of amides is 1. The molecule has 0 radical (unpaired) electrons. The van der Waals surface area contributed by atoms with E-state index in [1.807, 2.05) is 0 Å². The number of benzene rings is 2. The van der Waals surface area contributed by atoms with Crippen LogP contribution in [0.4, 0.5) is 0 Å². The van der Waals surface area contributed by atoms with Gasteiger partial charge in [0.25, 0.3) is 5.91 Å². The van der Waals surface area contributed by atoms with Crippen LogP contribution in [-0.4, -0.2) is 35.7 Å². The molecular formula is C19H19Cl3N2O2. The molecule has 2 aromatic rings. The summed E-state index contributed by atoms with van der Waals surface area (Å²) in [6.07, 6.45) is 1.78. The number of piperidine rings is 1. The predicted molar refractivity (Wildman–Crippen MR) is 107 cm³/mol. The predicted octanol–water partition coefficient (Wildman–Crippen LogP) is 4.21. The van der Waals surface area contributed by atoms with Crippen molar-refractivity contribution in [3.63, 3.8) is 0 Å². The lowest BCUT2D eigenvalue weighted by Crippen LogP contribution is -2.46. The molecule has 1 amide bonds. The Morgan fingerprint density at radius 3 is 2.38 bits per heavy atom. The van der Waals surface area contributed by atoms with Gasteiger partial charge in [-0.3, -0.25) is 9.59 Å². The molecule has 0 aliphatic carbocycles. The van der Waals surface area contributed by atoms with E-state index in [0.29, 0.717) is 39.8 Å². The van der Waals surface area contributed by atoms with Crippen LogP contribution in [0.25, 0.3) is 0 Å². The van der Waals surface area contributed by atoms with Crippen molar-refractivity contribution in [2.24, 2.45) is 5.73 Å². The first-order chi connectivity index (χ1) is 12.0. The maximum atomic E-state index is 12.9. The van der Waals surface area contributed by atoms with Crippen LogP contribution in [0, 0.1) is 0 Å². The summed E-state index contributed by atoms with van der Waals surface area (Å²) < 4.78 is 0. The normalized spacial score (nSPS) is 16.7. The highest BCUT2D eigenvalue weighted by molar-refractivity contribution is 6.42. The lowest BCUT2D eigenvalue weighted by Gasteiger charge is -2.31. The molecule has 7 heteroatoms. The Hall–Kier alpha value is -1.59. The van der Waals surface area contributed by atoms with Gasteiger partial charge in [-0.15, -0.1) is 12.4 Å². The van der Waals surface area contributed by atoms with Crippen LogP contribution in [0.1, 0.15) is 39.1 Å². The molecule has 2 aromatic carbocycles. The fourth-order valence-corrected chi connectivity index (χ4v) is 3.32. The van der Waals surface area contributed by atoms with Gasteiger partial charge in [0.15, 0.2) is 5.78 Å². The van der Waals surface area contributed by atoms with E-state index in [1.165, 1.54) is 6.07 Å². The number of carbonyl (C=O) groups excluding carboxylic acids is 2. The Kier molecular flexibility index (Phi) is 7.07. The molecule has 1 unspecified atom stereocenters. The van der Waals surface area contributed by atoms with E-state index in [2.05, 4.69) is 0 Å². The standard InChI is InChI=1S/C19H18Cl2N2O2.ClH/c20-16-8-7-12(10-17(16)21)18(24)14-5-1-2-6-15(14)19(25)23-9-3-4-13(22)11-23;/h1-2,5-8,10,13H,3-4,9,11,22H2;1H. The third-order valence-corrected chi connectivity index (χ3v) is 5.07. The summed E-state index contributed by atoms with van der Waals surface area (Å²) in [6.45, 7) is 1.16. The van der Waals surface area contributed by atoms with Crippen LogP contribution in [0.5, 0.6) is 0 Å². The fraction of sp³-hybridized carbons (Fsp3) is 0.263. The molecule has 1 fully saturated rings. The molecule has 1 heterocycles. The van der Waals surface area contributed by atoms with Gasteiger partial charge >= 0.3 is 0 Å². The summed E-state index contributed by atoms with van der Waals surface area (Å²) in [6, 6.07) is 11.5. The molecule has 4 nitrogen and oxygen atoms in total. The molecular weight excluding hydrogens is 395 g/mol. The number of likely N-dealkylation sites (tertiary alicyclic amines) is 1. The lowest BCUT2D eigenvalue weighted by atomic mass is 9.96. The molecule has 0 saturated carbocycles. The van der Waals surface area contributed by atoms with Crippen LogP contribution < -0.4 is 5.73 Å². The number of nitrogens with two attached hydrogens (primary N) is 1. The SMILES string of the molecule is Cl.NC1CCCN(C(=O)c2ccccc2C(=O)c2ccc(Cl)c(Cl)c2)C1. The van der Waals surface area contributed by atoms with E-state index in [4.69, 9.17) is 28.9 Å². The molecule has 1 aliphatic heterocycles. The number of hydrogen-bond acceptors (Lipinski definition) is 3. The van der Waals surface area contributed by atoms with Crippen LogP contribution >= 0.6 is 35.6 Å². The highest BCUT2D eigenvalue weighted by atomic mass is 35.5. The zero-order chi connectivity index (χ0) is 18.0. The fourth-order valence-electron chi connectivity index (χ4n) is 3.03. The minimum Gasteiger partial charge on any atom is -0.337 e. The van der Waals surface area contributed by atoms with E-state index in [1.54, 1.807) is 41.3 Å². The summed E-state index contributed by atoms with van der Waals surface area (Å²) in [5.41, 5.74) is 7.10. The van der Waals surface area contributed by atoms with Crippen LogP contribution in [-0.2, 0) is 0 Å². The third kappa shape index (κ3) is 4.38. The second-order valence-corrected chi connectivity index (χ2v) is 6.97. The average Bonchev–Trinajstić information content (AvgIpc) is 2.63. The van der Waals surface area contributed by atoms with Crippen molar-refractivity contribution in [2.45, 2.75) is 18.9 Å². The Bertz CT molecular complexity index is 826. The molecule has 138 valence electrons. The van der Waals surface area contributed by atoms with Crippen LogP contribution in [0.15, 0.2) is 42.5 Å². The van der Waals surface area contributed by atoms with Gasteiger partial charge in [0.1, 0.15) is 0 Å². The largest absolute Gasteiger partial charge is 0.337 e. The first-order valence-corrected chi connectivity index (χ1v) is 8.86. The summed E-state index contributed by atoms with van der Waals surface area (Å²) >= 11 is 11.9. The third-order valence-electron chi connectivity index (χ3n) is 4.33. The van der Waals surface area contributed by atoms with Crippen molar-refractivity contribution in [3.8, 4) is 0 Å². The quantitative estimate of drug-likeness (QED) is 0.767. The Morgan fingerprint density at radius 1 is 1.04 bits per heavy atom. The molecule has 26 heavy (non-hydrogen) atoms. The van der Waals surface area contributed by atoms with Gasteiger partial charge in [-0.25, -0.2) is 0 Å². The van der Waals surface area contributed by atoms with Gasteiger partial charge in [0, 0.05) is 30.3 Å². The van der Waals surface area contributed by atoms with E-state index in [-0.39, 0.29) is 30.1 Å². The smallest absolute Gasteiger partial charge is 0.254 e. The Balaban J connectivity index is 0.00000243. The van der Waals surface area contributed by atoms with E-state index >= 15 is 0 Å². The van der Waals surface area contributed by atoms with Gasteiger partial charge in [0.05, 0.1) is 15.6 Å². The zero-order valence-electron chi connectivity index (χ0n) is 14.0. The molecule has 2 N–H and O–H groups in total. The van der Waals surface area contributed by atoms with E-state index < -0.39 is 0 Å². The lowest BCUT2D eigenvalue weighted by molar-refractivity contribution is 0.0705. The molecule has 0 spiro atoms. The molecule has 1 aliphatic rings. The monoisotopic (exact) mass is 412 g/mol. The zero-order valence-corrected chi connectivity index (χ0v) is 16.3. The summed E-state index contributed by atoms with van der Waals surface area (Å²) in [5.74, 6) is -0.428. The number of rotatable bonds is 3. The van der Waals surface area contributed by atoms with Crippen molar-refractivity contribution in [1.82, 2.24) is 4.90 Å². The van der Waals surface area contributed by atoms with Gasteiger partial charge < -0.3 is 10.6 Å². The number of hydrogen-bond donors (Lipinski definition) is 1.